The average molecular weight is 403 g/mol. The van der Waals surface area contributed by atoms with Gasteiger partial charge in [0.2, 0.25) is 0 Å². The molecule has 3 nitrogen and oxygen atoms in total. The first-order valence-corrected chi connectivity index (χ1v) is 10.1. The number of rotatable bonds is 3. The molecule has 0 unspecified atom stereocenters. The topological polar surface area (TPSA) is 38.3 Å². The molecule has 154 valence electrons. The molecular weight excluding hydrogens is 379 g/mol. The second-order valence-corrected chi connectivity index (χ2v) is 8.15. The van der Waals surface area contributed by atoms with Gasteiger partial charge in [0.15, 0.2) is 0 Å². The van der Waals surface area contributed by atoms with Crippen molar-refractivity contribution in [3.8, 4) is 0 Å². The number of halogens is 3. The van der Waals surface area contributed by atoms with Gasteiger partial charge in [0.25, 0.3) is 0 Å². The Morgan fingerprint density at radius 2 is 1.55 bits per heavy atom. The van der Waals surface area contributed by atoms with Crippen molar-refractivity contribution in [1.82, 2.24) is 0 Å². The molecule has 29 heavy (non-hydrogen) atoms. The van der Waals surface area contributed by atoms with Crippen LogP contribution in [0.15, 0.2) is 54.6 Å². The van der Waals surface area contributed by atoms with Crippen LogP contribution in [0, 0.1) is 5.41 Å². The van der Waals surface area contributed by atoms with E-state index in [1.165, 1.54) is 23.8 Å². The molecule has 1 spiro atoms. The van der Waals surface area contributed by atoms with Crippen LogP contribution in [-0.4, -0.2) is 12.2 Å². The predicted octanol–water partition coefficient (Wildman–Crippen LogP) is 6.76. The summed E-state index contributed by atoms with van der Waals surface area (Å²) in [7, 11) is 0. The summed E-state index contributed by atoms with van der Waals surface area (Å²) in [4.78, 5) is 12.3. The third-order valence-electron chi connectivity index (χ3n) is 6.56. The Balaban J connectivity index is 1.36. The lowest BCUT2D eigenvalue weighted by atomic mass is 9.56. The van der Waals surface area contributed by atoms with Crippen LogP contribution >= 0.6 is 0 Å². The van der Waals surface area contributed by atoms with Crippen molar-refractivity contribution in [2.75, 3.05) is 5.32 Å². The number of ether oxygens (including phenoxy) is 1. The standard InChI is InChI=1S/C23H24F3NO2/c24-23(25,26)18-8-4-5-9-19(18)27-21(28)29-20-12-15-22(20)13-10-17(11-14-22)16-6-2-1-3-7-16/h1-9,17,20H,10-15H2,(H,27,28)/t17?,20-,22?/m0/s1. The van der Waals surface area contributed by atoms with Crippen molar-refractivity contribution in [2.24, 2.45) is 5.41 Å². The van der Waals surface area contributed by atoms with Gasteiger partial charge in [-0.15, -0.1) is 0 Å². The van der Waals surface area contributed by atoms with Crippen molar-refractivity contribution in [1.29, 1.82) is 0 Å². The van der Waals surface area contributed by atoms with E-state index in [0.29, 0.717) is 5.92 Å². The summed E-state index contributed by atoms with van der Waals surface area (Å²) in [5.74, 6) is 0.524. The number of para-hydroxylation sites is 1. The molecule has 1 amide bonds. The minimum Gasteiger partial charge on any atom is -0.445 e. The van der Waals surface area contributed by atoms with Gasteiger partial charge >= 0.3 is 12.3 Å². The van der Waals surface area contributed by atoms with Crippen LogP contribution in [-0.2, 0) is 10.9 Å². The Labute approximate surface area is 168 Å². The van der Waals surface area contributed by atoms with Gasteiger partial charge in [-0.25, -0.2) is 4.79 Å². The largest absolute Gasteiger partial charge is 0.445 e. The van der Waals surface area contributed by atoms with Crippen molar-refractivity contribution in [2.45, 2.75) is 56.7 Å². The molecule has 6 heteroatoms. The Morgan fingerprint density at radius 1 is 0.931 bits per heavy atom. The normalized spacial score (nSPS) is 26.6. The molecule has 2 aromatic carbocycles. The highest BCUT2D eigenvalue weighted by Gasteiger charge is 2.50. The molecule has 4 rings (SSSR count). The quantitative estimate of drug-likeness (QED) is 0.615. The summed E-state index contributed by atoms with van der Waals surface area (Å²) < 4.78 is 44.9. The van der Waals surface area contributed by atoms with Crippen LogP contribution < -0.4 is 5.32 Å². The molecule has 0 aliphatic heterocycles. The Bertz CT molecular complexity index is 858. The first-order chi connectivity index (χ1) is 13.9. The lowest BCUT2D eigenvalue weighted by molar-refractivity contribution is -0.136. The zero-order chi connectivity index (χ0) is 20.5. The maximum atomic E-state index is 13.1. The Kier molecular flexibility index (Phi) is 5.28. The van der Waals surface area contributed by atoms with E-state index in [0.717, 1.165) is 44.6 Å². The summed E-state index contributed by atoms with van der Waals surface area (Å²) in [5, 5.41) is 2.29. The molecule has 2 fully saturated rings. The van der Waals surface area contributed by atoms with Gasteiger partial charge < -0.3 is 4.74 Å². The average Bonchev–Trinajstić information content (AvgIpc) is 2.72. The van der Waals surface area contributed by atoms with Gasteiger partial charge in [0.1, 0.15) is 6.10 Å². The molecule has 2 aromatic rings. The fourth-order valence-corrected chi connectivity index (χ4v) is 4.79. The predicted molar refractivity (Wildman–Crippen MR) is 105 cm³/mol. The number of carbonyl (C=O) groups excluding carboxylic acids is 1. The van der Waals surface area contributed by atoms with Gasteiger partial charge in [-0.1, -0.05) is 42.5 Å². The molecule has 0 saturated heterocycles. The molecule has 1 atom stereocenters. The minimum atomic E-state index is -4.53. The number of benzene rings is 2. The molecule has 0 aromatic heterocycles. The monoisotopic (exact) mass is 403 g/mol. The van der Waals surface area contributed by atoms with Gasteiger partial charge in [-0.2, -0.15) is 13.2 Å². The maximum absolute atomic E-state index is 13.1. The summed E-state index contributed by atoms with van der Waals surface area (Å²) in [5.41, 5.74) is 0.182. The summed E-state index contributed by atoms with van der Waals surface area (Å²) in [6, 6.07) is 15.4. The molecular formula is C23H24F3NO2. The van der Waals surface area contributed by atoms with Crippen LogP contribution in [0.2, 0.25) is 0 Å². The molecule has 2 saturated carbocycles. The second-order valence-electron chi connectivity index (χ2n) is 8.15. The van der Waals surface area contributed by atoms with Crippen LogP contribution in [0.25, 0.3) is 0 Å². The fraction of sp³-hybridized carbons (Fsp3) is 0.435. The van der Waals surface area contributed by atoms with Crippen LogP contribution in [0.5, 0.6) is 0 Å². The lowest BCUT2D eigenvalue weighted by Crippen LogP contribution is -2.49. The number of hydrogen-bond acceptors (Lipinski definition) is 2. The zero-order valence-electron chi connectivity index (χ0n) is 16.0. The van der Waals surface area contributed by atoms with Gasteiger partial charge in [0.05, 0.1) is 11.3 Å². The van der Waals surface area contributed by atoms with E-state index in [9.17, 15) is 18.0 Å². The lowest BCUT2D eigenvalue weighted by Gasteiger charge is -2.52. The van der Waals surface area contributed by atoms with E-state index in [2.05, 4.69) is 29.6 Å². The summed E-state index contributed by atoms with van der Waals surface area (Å²) in [6.07, 6.45) is 0.249. The number of hydrogen-bond donors (Lipinski definition) is 1. The number of anilines is 1. The SMILES string of the molecule is O=C(Nc1ccccc1C(F)(F)F)O[C@H]1CCC12CCC(c1ccccc1)CC2. The molecule has 1 N–H and O–H groups in total. The third-order valence-corrected chi connectivity index (χ3v) is 6.56. The van der Waals surface area contributed by atoms with Gasteiger partial charge in [-0.3, -0.25) is 5.32 Å². The maximum Gasteiger partial charge on any atom is 0.418 e. The van der Waals surface area contributed by atoms with Crippen LogP contribution in [0.4, 0.5) is 23.7 Å². The molecule has 2 aliphatic carbocycles. The Hall–Kier alpha value is -2.50. The Morgan fingerprint density at radius 3 is 2.17 bits per heavy atom. The number of amides is 1. The molecule has 2 aliphatic rings. The van der Waals surface area contributed by atoms with Crippen molar-refractivity contribution in [3.05, 3.63) is 65.7 Å². The van der Waals surface area contributed by atoms with E-state index in [4.69, 9.17) is 4.74 Å². The first-order valence-electron chi connectivity index (χ1n) is 10.1. The smallest absolute Gasteiger partial charge is 0.418 e. The molecule has 0 radical (unpaired) electrons. The van der Waals surface area contributed by atoms with Crippen molar-refractivity contribution < 1.29 is 22.7 Å². The number of alkyl halides is 3. The highest BCUT2D eigenvalue weighted by atomic mass is 19.4. The van der Waals surface area contributed by atoms with E-state index < -0.39 is 17.8 Å². The van der Waals surface area contributed by atoms with Crippen LogP contribution in [0.3, 0.4) is 0 Å². The van der Waals surface area contributed by atoms with E-state index in [1.807, 2.05) is 6.07 Å². The first kappa shape index (κ1) is 19.8. The zero-order valence-corrected chi connectivity index (χ0v) is 16.0. The minimum absolute atomic E-state index is 0.0217. The van der Waals surface area contributed by atoms with Gasteiger partial charge in [-0.05, 0) is 62.1 Å². The molecule has 0 bridgehead atoms. The fourth-order valence-electron chi connectivity index (χ4n) is 4.79. The highest BCUT2D eigenvalue weighted by Crippen LogP contribution is 2.55. The van der Waals surface area contributed by atoms with Gasteiger partial charge in [0, 0.05) is 5.41 Å². The van der Waals surface area contributed by atoms with E-state index >= 15 is 0 Å². The van der Waals surface area contributed by atoms with Crippen molar-refractivity contribution in [3.63, 3.8) is 0 Å². The molecule has 0 heterocycles. The number of nitrogens with one attached hydrogen (secondary N) is 1. The highest BCUT2D eigenvalue weighted by molar-refractivity contribution is 5.86. The van der Waals surface area contributed by atoms with E-state index in [-0.39, 0.29) is 17.2 Å². The summed E-state index contributed by atoms with van der Waals surface area (Å²) in [6.45, 7) is 0. The second kappa shape index (κ2) is 7.73. The third kappa shape index (κ3) is 4.11. The number of carbonyl (C=O) groups is 1. The van der Waals surface area contributed by atoms with Crippen molar-refractivity contribution >= 4 is 11.8 Å². The summed E-state index contributed by atoms with van der Waals surface area (Å²) >= 11 is 0. The van der Waals surface area contributed by atoms with E-state index in [1.54, 1.807) is 0 Å². The van der Waals surface area contributed by atoms with Crippen LogP contribution in [0.1, 0.15) is 55.6 Å².